The van der Waals surface area contributed by atoms with Crippen LogP contribution in [0.3, 0.4) is 0 Å². The summed E-state index contributed by atoms with van der Waals surface area (Å²) in [6.07, 6.45) is 4.37. The number of nitrogens with zero attached hydrogens (tertiary/aromatic N) is 1. The molecule has 1 saturated heterocycles. The zero-order valence-electron chi connectivity index (χ0n) is 8.45. The average Bonchev–Trinajstić information content (AvgIpc) is 2.18. The number of hydrogen-bond donors (Lipinski definition) is 2. The highest BCUT2D eigenvalue weighted by Crippen LogP contribution is 2.19. The predicted molar refractivity (Wildman–Crippen MR) is 52.6 cm³/mol. The molecule has 78 valence electrons. The number of piperidine rings is 1. The first-order chi connectivity index (χ1) is 6.27. The van der Waals surface area contributed by atoms with Crippen LogP contribution in [0.25, 0.3) is 0 Å². The topological polar surface area (TPSA) is 43.7 Å². The second-order valence-electron chi connectivity index (χ2n) is 3.89. The van der Waals surface area contributed by atoms with Crippen LogP contribution in [0, 0.1) is 0 Å². The Bertz CT molecular complexity index is 141. The van der Waals surface area contributed by atoms with E-state index in [2.05, 4.69) is 11.8 Å². The molecule has 0 spiro atoms. The molecule has 3 heteroatoms. The summed E-state index contributed by atoms with van der Waals surface area (Å²) in [5, 5.41) is 18.1. The van der Waals surface area contributed by atoms with Crippen LogP contribution in [-0.2, 0) is 0 Å². The normalized spacial score (nSPS) is 27.5. The van der Waals surface area contributed by atoms with Gasteiger partial charge in [0.05, 0.1) is 12.7 Å². The Morgan fingerprint density at radius 1 is 1.46 bits per heavy atom. The zero-order valence-corrected chi connectivity index (χ0v) is 8.45. The molecule has 1 aliphatic heterocycles. The van der Waals surface area contributed by atoms with E-state index < -0.39 is 6.10 Å². The van der Waals surface area contributed by atoms with E-state index in [1.54, 1.807) is 0 Å². The van der Waals surface area contributed by atoms with Gasteiger partial charge in [0, 0.05) is 12.6 Å². The molecule has 1 fully saturated rings. The summed E-state index contributed by atoms with van der Waals surface area (Å²) in [4.78, 5) is 2.31. The summed E-state index contributed by atoms with van der Waals surface area (Å²) in [6, 6.07) is 0.620. The highest BCUT2D eigenvalue weighted by atomic mass is 16.3. The quantitative estimate of drug-likeness (QED) is 0.677. The molecule has 3 nitrogen and oxygen atoms in total. The van der Waals surface area contributed by atoms with E-state index in [0.29, 0.717) is 12.6 Å². The van der Waals surface area contributed by atoms with Crippen molar-refractivity contribution < 1.29 is 10.2 Å². The third-order valence-electron chi connectivity index (χ3n) is 2.88. The third kappa shape index (κ3) is 3.25. The van der Waals surface area contributed by atoms with Crippen LogP contribution in [0.4, 0.5) is 0 Å². The molecule has 2 atom stereocenters. The van der Waals surface area contributed by atoms with Crippen LogP contribution in [0.2, 0.25) is 0 Å². The van der Waals surface area contributed by atoms with E-state index in [1.165, 1.54) is 19.3 Å². The van der Waals surface area contributed by atoms with Gasteiger partial charge in [0.15, 0.2) is 0 Å². The minimum Gasteiger partial charge on any atom is -0.394 e. The Labute approximate surface area is 80.4 Å². The van der Waals surface area contributed by atoms with Gasteiger partial charge in [-0.25, -0.2) is 0 Å². The Kier molecular flexibility index (Phi) is 4.70. The third-order valence-corrected chi connectivity index (χ3v) is 2.88. The van der Waals surface area contributed by atoms with Gasteiger partial charge < -0.3 is 10.2 Å². The highest BCUT2D eigenvalue weighted by molar-refractivity contribution is 4.77. The van der Waals surface area contributed by atoms with E-state index in [0.717, 1.165) is 13.0 Å². The van der Waals surface area contributed by atoms with Crippen LogP contribution in [-0.4, -0.2) is 47.0 Å². The van der Waals surface area contributed by atoms with Crippen LogP contribution in [0.5, 0.6) is 0 Å². The summed E-state index contributed by atoms with van der Waals surface area (Å²) >= 11 is 0. The molecular weight excluding hydrogens is 166 g/mol. The van der Waals surface area contributed by atoms with Gasteiger partial charge in [0.25, 0.3) is 0 Å². The predicted octanol–water partition coefficient (Wildman–Crippen LogP) is 0.604. The Hall–Kier alpha value is -0.120. The fraction of sp³-hybridized carbons (Fsp3) is 1.00. The summed E-state index contributed by atoms with van der Waals surface area (Å²) in [6.45, 7) is 3.78. The maximum Gasteiger partial charge on any atom is 0.0897 e. The number of likely N-dealkylation sites (tertiary alicyclic amines) is 1. The average molecular weight is 187 g/mol. The van der Waals surface area contributed by atoms with Crippen LogP contribution in [0.1, 0.15) is 32.6 Å². The zero-order chi connectivity index (χ0) is 9.68. The first-order valence-electron chi connectivity index (χ1n) is 5.31. The summed E-state index contributed by atoms with van der Waals surface area (Å²) in [5.74, 6) is 0. The number of β-amino-alcohol motifs (C(OH)–C–C–N with tert-alkyl or cyclic N) is 1. The van der Waals surface area contributed by atoms with Gasteiger partial charge >= 0.3 is 0 Å². The highest BCUT2D eigenvalue weighted by Gasteiger charge is 2.22. The summed E-state index contributed by atoms with van der Waals surface area (Å²) in [5.41, 5.74) is 0. The second-order valence-corrected chi connectivity index (χ2v) is 3.89. The lowest BCUT2D eigenvalue weighted by Crippen LogP contribution is -2.44. The Morgan fingerprint density at radius 3 is 2.85 bits per heavy atom. The van der Waals surface area contributed by atoms with Crippen molar-refractivity contribution in [3.05, 3.63) is 0 Å². The van der Waals surface area contributed by atoms with Gasteiger partial charge in [0.1, 0.15) is 0 Å². The van der Waals surface area contributed by atoms with E-state index in [1.807, 2.05) is 0 Å². The molecule has 1 rings (SSSR count). The maximum atomic E-state index is 9.33. The maximum absolute atomic E-state index is 9.33. The smallest absolute Gasteiger partial charge is 0.0897 e. The molecule has 0 aromatic carbocycles. The van der Waals surface area contributed by atoms with Crippen molar-refractivity contribution in [3.63, 3.8) is 0 Å². The van der Waals surface area contributed by atoms with Crippen molar-refractivity contribution in [2.75, 3.05) is 19.7 Å². The molecule has 0 amide bonds. The number of aliphatic hydroxyl groups excluding tert-OH is 2. The molecule has 0 bridgehead atoms. The molecular formula is C10H21NO2. The molecule has 0 aromatic heterocycles. The fourth-order valence-electron chi connectivity index (χ4n) is 2.09. The molecule has 0 aromatic rings. The molecule has 1 heterocycles. The largest absolute Gasteiger partial charge is 0.394 e. The standard InChI is InChI=1S/C10H21NO2/c1-2-9-5-3-4-6-11(9)7-10(13)8-12/h9-10,12-13H,2-8H2,1H3. The van der Waals surface area contributed by atoms with Gasteiger partial charge in [-0.15, -0.1) is 0 Å². The summed E-state index contributed by atoms with van der Waals surface area (Å²) in [7, 11) is 0. The van der Waals surface area contributed by atoms with Crippen molar-refractivity contribution in [2.45, 2.75) is 44.8 Å². The molecule has 0 saturated carbocycles. The van der Waals surface area contributed by atoms with Gasteiger partial charge in [-0.1, -0.05) is 13.3 Å². The van der Waals surface area contributed by atoms with Crippen LogP contribution >= 0.6 is 0 Å². The minimum atomic E-state index is -0.563. The molecule has 2 unspecified atom stereocenters. The first-order valence-corrected chi connectivity index (χ1v) is 5.31. The van der Waals surface area contributed by atoms with Gasteiger partial charge in [-0.3, -0.25) is 4.90 Å². The van der Waals surface area contributed by atoms with Crippen LogP contribution in [0.15, 0.2) is 0 Å². The Morgan fingerprint density at radius 2 is 2.23 bits per heavy atom. The number of rotatable bonds is 4. The van der Waals surface area contributed by atoms with Crippen LogP contribution < -0.4 is 0 Å². The molecule has 0 aliphatic carbocycles. The lowest BCUT2D eigenvalue weighted by molar-refractivity contribution is 0.0323. The van der Waals surface area contributed by atoms with Gasteiger partial charge in [-0.05, 0) is 25.8 Å². The van der Waals surface area contributed by atoms with Crippen molar-refractivity contribution in [2.24, 2.45) is 0 Å². The minimum absolute atomic E-state index is 0.118. The SMILES string of the molecule is CCC1CCCCN1CC(O)CO. The second kappa shape index (κ2) is 5.58. The van der Waals surface area contributed by atoms with E-state index in [9.17, 15) is 5.11 Å². The molecule has 13 heavy (non-hydrogen) atoms. The number of hydrogen-bond acceptors (Lipinski definition) is 3. The van der Waals surface area contributed by atoms with E-state index in [4.69, 9.17) is 5.11 Å². The monoisotopic (exact) mass is 187 g/mol. The fourth-order valence-corrected chi connectivity index (χ4v) is 2.09. The molecule has 0 radical (unpaired) electrons. The Balaban J connectivity index is 2.35. The van der Waals surface area contributed by atoms with Crippen molar-refractivity contribution in [3.8, 4) is 0 Å². The van der Waals surface area contributed by atoms with Crippen molar-refractivity contribution in [1.82, 2.24) is 4.90 Å². The van der Waals surface area contributed by atoms with Crippen molar-refractivity contribution in [1.29, 1.82) is 0 Å². The van der Waals surface area contributed by atoms with E-state index >= 15 is 0 Å². The van der Waals surface area contributed by atoms with Gasteiger partial charge in [0.2, 0.25) is 0 Å². The molecule has 2 N–H and O–H groups in total. The number of aliphatic hydroxyl groups is 2. The summed E-state index contributed by atoms with van der Waals surface area (Å²) < 4.78 is 0. The first kappa shape index (κ1) is 11.0. The van der Waals surface area contributed by atoms with Crippen molar-refractivity contribution >= 4 is 0 Å². The molecule has 1 aliphatic rings. The lowest BCUT2D eigenvalue weighted by Gasteiger charge is -2.36. The lowest BCUT2D eigenvalue weighted by atomic mass is 10.00. The van der Waals surface area contributed by atoms with E-state index in [-0.39, 0.29) is 6.61 Å². The van der Waals surface area contributed by atoms with Gasteiger partial charge in [-0.2, -0.15) is 0 Å².